The SMILES string of the molecule is CC(C)(C)C[C@H](NC(=O)C1(O)c2ccccc2-c2ccccc21)C(=O)N[C@@H](C[C@H]1CCNC1=O)C(=O)CO. The largest absolute Gasteiger partial charge is 0.389 e. The van der Waals surface area contributed by atoms with Crippen LogP contribution in [0, 0.1) is 11.3 Å². The van der Waals surface area contributed by atoms with Gasteiger partial charge in [-0.25, -0.2) is 0 Å². The number of carbonyl (C=O) groups excluding carboxylic acids is 4. The van der Waals surface area contributed by atoms with Crippen molar-refractivity contribution in [3.63, 3.8) is 0 Å². The zero-order valence-corrected chi connectivity index (χ0v) is 21.9. The minimum absolute atomic E-state index is 0.0534. The number of rotatable bonds is 9. The minimum atomic E-state index is -2.01. The van der Waals surface area contributed by atoms with Crippen LogP contribution in [0.5, 0.6) is 0 Å². The second kappa shape index (κ2) is 10.7. The average molecular weight is 522 g/mol. The van der Waals surface area contributed by atoms with Crippen molar-refractivity contribution in [1.29, 1.82) is 0 Å². The Morgan fingerprint density at radius 2 is 1.58 bits per heavy atom. The number of carbonyl (C=O) groups is 4. The molecule has 4 rings (SSSR count). The topological polar surface area (TPSA) is 145 Å². The molecular weight excluding hydrogens is 486 g/mol. The van der Waals surface area contributed by atoms with Gasteiger partial charge in [0.2, 0.25) is 11.8 Å². The van der Waals surface area contributed by atoms with Crippen LogP contribution in [0.4, 0.5) is 0 Å². The highest BCUT2D eigenvalue weighted by Gasteiger charge is 2.49. The van der Waals surface area contributed by atoms with Gasteiger partial charge in [0.05, 0.1) is 6.04 Å². The lowest BCUT2D eigenvalue weighted by Crippen LogP contribution is -2.56. The normalized spacial score (nSPS) is 19.1. The molecule has 1 saturated heterocycles. The van der Waals surface area contributed by atoms with Crippen molar-refractivity contribution < 1.29 is 29.4 Å². The van der Waals surface area contributed by atoms with Crippen molar-refractivity contribution in [3.05, 3.63) is 59.7 Å². The Bertz CT molecular complexity index is 1210. The molecule has 0 bridgehead atoms. The highest BCUT2D eigenvalue weighted by molar-refractivity contribution is 6.01. The smallest absolute Gasteiger partial charge is 0.262 e. The number of amides is 3. The Morgan fingerprint density at radius 1 is 1.00 bits per heavy atom. The number of Topliss-reactive ketones (excluding diaryl/α,β-unsaturated/α-hetero) is 1. The summed E-state index contributed by atoms with van der Waals surface area (Å²) in [5, 5.41) is 29.4. The lowest BCUT2D eigenvalue weighted by molar-refractivity contribution is -0.140. The lowest BCUT2D eigenvalue weighted by Gasteiger charge is -2.31. The molecule has 0 saturated carbocycles. The fourth-order valence-electron chi connectivity index (χ4n) is 5.35. The van der Waals surface area contributed by atoms with Gasteiger partial charge >= 0.3 is 0 Å². The second-order valence-corrected chi connectivity index (χ2v) is 11.3. The van der Waals surface area contributed by atoms with Gasteiger partial charge in [-0.3, -0.25) is 19.2 Å². The molecule has 0 radical (unpaired) electrons. The molecule has 202 valence electrons. The fourth-order valence-corrected chi connectivity index (χ4v) is 5.35. The molecule has 9 nitrogen and oxygen atoms in total. The van der Waals surface area contributed by atoms with E-state index >= 15 is 0 Å². The van der Waals surface area contributed by atoms with Crippen molar-refractivity contribution in [2.75, 3.05) is 13.2 Å². The molecule has 0 spiro atoms. The Labute approximate surface area is 222 Å². The fraction of sp³-hybridized carbons (Fsp3) is 0.448. The van der Waals surface area contributed by atoms with Crippen LogP contribution in [0.1, 0.15) is 51.2 Å². The van der Waals surface area contributed by atoms with E-state index in [1.165, 1.54) is 0 Å². The second-order valence-electron chi connectivity index (χ2n) is 11.3. The Balaban J connectivity index is 1.61. The Kier molecular flexibility index (Phi) is 7.71. The Morgan fingerprint density at radius 3 is 2.08 bits per heavy atom. The van der Waals surface area contributed by atoms with E-state index in [0.29, 0.717) is 24.1 Å². The molecule has 1 aliphatic heterocycles. The van der Waals surface area contributed by atoms with Gasteiger partial charge in [-0.15, -0.1) is 0 Å². The monoisotopic (exact) mass is 521 g/mol. The number of nitrogens with one attached hydrogen (secondary N) is 3. The summed E-state index contributed by atoms with van der Waals surface area (Å²) in [5.74, 6) is -2.65. The van der Waals surface area contributed by atoms with Crippen molar-refractivity contribution >= 4 is 23.5 Å². The molecular formula is C29H35N3O6. The standard InChI is InChI=1S/C29H35N3O6/c1-28(2,3)15-23(26(36)31-22(24(34)16-33)14-17-12-13-30-25(17)35)32-27(37)29(38)20-10-6-4-8-18(20)19-9-5-7-11-21(19)29/h4-11,17,22-23,33,38H,12-16H2,1-3H3,(H,30,35)(H,31,36)(H,32,37)/t17-,22+,23+/m1/s1. The Hall–Kier alpha value is -3.56. The van der Waals surface area contributed by atoms with E-state index in [0.717, 1.165) is 11.1 Å². The summed E-state index contributed by atoms with van der Waals surface area (Å²) in [6, 6.07) is 12.0. The van der Waals surface area contributed by atoms with E-state index in [1.54, 1.807) is 24.3 Å². The predicted octanol–water partition coefficient (Wildman–Crippen LogP) is 1.40. The van der Waals surface area contributed by atoms with Crippen LogP contribution in [0.15, 0.2) is 48.5 Å². The zero-order chi connectivity index (χ0) is 27.7. The molecule has 2 aromatic carbocycles. The molecule has 2 aliphatic rings. The number of aliphatic hydroxyl groups excluding tert-OH is 1. The van der Waals surface area contributed by atoms with Crippen LogP contribution < -0.4 is 16.0 Å². The molecule has 0 aromatic heterocycles. The van der Waals surface area contributed by atoms with Crippen LogP contribution in [0.3, 0.4) is 0 Å². The van der Waals surface area contributed by atoms with Gasteiger partial charge in [0.25, 0.3) is 5.91 Å². The lowest BCUT2D eigenvalue weighted by atomic mass is 9.86. The molecule has 1 aliphatic carbocycles. The zero-order valence-electron chi connectivity index (χ0n) is 21.9. The highest BCUT2D eigenvalue weighted by Crippen LogP contribution is 2.47. The van der Waals surface area contributed by atoms with Gasteiger partial charge in [-0.1, -0.05) is 69.3 Å². The van der Waals surface area contributed by atoms with Gasteiger partial charge in [0, 0.05) is 23.6 Å². The van der Waals surface area contributed by atoms with Crippen LogP contribution in [-0.2, 0) is 24.8 Å². The predicted molar refractivity (Wildman–Crippen MR) is 141 cm³/mol. The number of fused-ring (bicyclic) bond motifs is 3. The van der Waals surface area contributed by atoms with E-state index in [1.807, 2.05) is 45.0 Å². The molecule has 3 amide bonds. The van der Waals surface area contributed by atoms with Crippen molar-refractivity contribution in [2.45, 2.75) is 57.7 Å². The van der Waals surface area contributed by atoms with Gasteiger partial charge in [-0.2, -0.15) is 0 Å². The number of aliphatic hydroxyl groups is 2. The molecule has 2 aromatic rings. The summed E-state index contributed by atoms with van der Waals surface area (Å²) in [7, 11) is 0. The van der Waals surface area contributed by atoms with Crippen LogP contribution in [-0.4, -0.2) is 59.0 Å². The molecule has 9 heteroatoms. The molecule has 1 heterocycles. The molecule has 1 fully saturated rings. The highest BCUT2D eigenvalue weighted by atomic mass is 16.3. The summed E-state index contributed by atoms with van der Waals surface area (Å²) in [4.78, 5) is 51.9. The van der Waals surface area contributed by atoms with Crippen molar-refractivity contribution in [3.8, 4) is 11.1 Å². The van der Waals surface area contributed by atoms with Crippen LogP contribution in [0.2, 0.25) is 0 Å². The van der Waals surface area contributed by atoms with Crippen LogP contribution in [0.25, 0.3) is 11.1 Å². The molecule has 3 atom stereocenters. The van der Waals surface area contributed by atoms with Gasteiger partial charge < -0.3 is 26.2 Å². The summed E-state index contributed by atoms with van der Waals surface area (Å²) in [6.45, 7) is 5.43. The third-order valence-corrected chi connectivity index (χ3v) is 7.23. The summed E-state index contributed by atoms with van der Waals surface area (Å²) < 4.78 is 0. The first-order valence-corrected chi connectivity index (χ1v) is 12.9. The van der Waals surface area contributed by atoms with Crippen LogP contribution >= 0.6 is 0 Å². The van der Waals surface area contributed by atoms with E-state index in [4.69, 9.17) is 0 Å². The number of hydrogen-bond donors (Lipinski definition) is 5. The van der Waals surface area contributed by atoms with E-state index < -0.39 is 53.2 Å². The number of ketones is 1. The summed E-state index contributed by atoms with van der Waals surface area (Å²) >= 11 is 0. The first-order chi connectivity index (χ1) is 18.0. The molecule has 5 N–H and O–H groups in total. The number of hydrogen-bond acceptors (Lipinski definition) is 6. The van der Waals surface area contributed by atoms with Gasteiger partial charge in [-0.05, 0) is 35.8 Å². The first-order valence-electron chi connectivity index (χ1n) is 12.9. The van der Waals surface area contributed by atoms with Gasteiger partial charge in [0.1, 0.15) is 12.6 Å². The first kappa shape index (κ1) is 27.5. The maximum atomic E-state index is 13.8. The quantitative estimate of drug-likeness (QED) is 0.337. The van der Waals surface area contributed by atoms with E-state index in [9.17, 15) is 29.4 Å². The summed E-state index contributed by atoms with van der Waals surface area (Å²) in [5.41, 5.74) is -0.0812. The third-order valence-electron chi connectivity index (χ3n) is 7.23. The average Bonchev–Trinajstić information content (AvgIpc) is 3.41. The summed E-state index contributed by atoms with van der Waals surface area (Å²) in [6.07, 6.45) is 0.795. The molecule has 38 heavy (non-hydrogen) atoms. The maximum Gasteiger partial charge on any atom is 0.262 e. The van der Waals surface area contributed by atoms with Gasteiger partial charge in [0.15, 0.2) is 11.4 Å². The number of benzene rings is 2. The molecule has 0 unspecified atom stereocenters. The maximum absolute atomic E-state index is 13.8. The van der Waals surface area contributed by atoms with E-state index in [-0.39, 0.29) is 18.7 Å². The van der Waals surface area contributed by atoms with Crippen molar-refractivity contribution in [1.82, 2.24) is 16.0 Å². The minimum Gasteiger partial charge on any atom is -0.389 e. The third kappa shape index (κ3) is 5.35. The van der Waals surface area contributed by atoms with E-state index in [2.05, 4.69) is 16.0 Å². The van der Waals surface area contributed by atoms with Crippen molar-refractivity contribution in [2.24, 2.45) is 11.3 Å².